The van der Waals surface area contributed by atoms with Gasteiger partial charge in [-0.2, -0.15) is 0 Å². The number of rotatable bonds is 6. The van der Waals surface area contributed by atoms with E-state index in [9.17, 15) is 4.21 Å². The van der Waals surface area contributed by atoms with E-state index in [0.717, 1.165) is 22.7 Å². The minimum absolute atomic E-state index is 0.446. The molecule has 0 spiro atoms. The summed E-state index contributed by atoms with van der Waals surface area (Å²) in [6, 6.07) is 22.8. The van der Waals surface area contributed by atoms with Gasteiger partial charge in [0.15, 0.2) is 11.1 Å². The van der Waals surface area contributed by atoms with Gasteiger partial charge < -0.3 is 21.3 Å². The van der Waals surface area contributed by atoms with E-state index in [1.807, 2.05) is 43.3 Å². The first-order chi connectivity index (χ1) is 15.4. The van der Waals surface area contributed by atoms with Crippen LogP contribution >= 0.6 is 12.2 Å². The highest BCUT2D eigenvalue weighted by Crippen LogP contribution is 2.16. The molecule has 6 N–H and O–H groups in total. The topological polar surface area (TPSA) is 104 Å². The molecule has 3 aromatic rings. The summed E-state index contributed by atoms with van der Waals surface area (Å²) in [5.41, 5.74) is 4.67. The number of hydrogen-bond acceptors (Lipinski definition) is 3. The first-order valence-electron chi connectivity index (χ1n) is 10.0. The Morgan fingerprint density at radius 1 is 0.875 bits per heavy atom. The quantitative estimate of drug-likeness (QED) is 0.205. The predicted molar refractivity (Wildman–Crippen MR) is 140 cm³/mol. The number of nitrogens with one attached hydrogen (secondary N) is 4. The van der Waals surface area contributed by atoms with Gasteiger partial charge in [-0.1, -0.05) is 12.1 Å². The van der Waals surface area contributed by atoms with Crippen molar-refractivity contribution in [3.8, 4) is 0 Å². The molecule has 0 bridgehead atoms. The number of guanidine groups is 1. The number of aliphatic imine (C=N–C) groups is 1. The fraction of sp³-hybridized carbons (Fsp3) is 0.130. The fourth-order valence-electron chi connectivity index (χ4n) is 2.87. The molecule has 1 atom stereocenters. The van der Waals surface area contributed by atoms with Crippen LogP contribution in [0.4, 0.5) is 22.7 Å². The molecule has 9 heteroatoms. The molecule has 0 aliphatic heterocycles. The Morgan fingerprint density at radius 3 is 1.94 bits per heavy atom. The van der Waals surface area contributed by atoms with Crippen molar-refractivity contribution in [1.29, 1.82) is 0 Å². The first kappa shape index (κ1) is 23.4. The summed E-state index contributed by atoms with van der Waals surface area (Å²) < 4.78 is 11.3. The lowest BCUT2D eigenvalue weighted by Gasteiger charge is -2.14. The van der Waals surface area contributed by atoms with Crippen LogP contribution in [0.1, 0.15) is 12.5 Å². The largest absolute Gasteiger partial charge is 0.332 e. The van der Waals surface area contributed by atoms with Gasteiger partial charge in [0.25, 0.3) is 0 Å². The van der Waals surface area contributed by atoms with Crippen LogP contribution < -0.4 is 26.4 Å². The van der Waals surface area contributed by atoms with Crippen LogP contribution in [0.2, 0.25) is 0 Å². The molecule has 32 heavy (non-hydrogen) atoms. The van der Waals surface area contributed by atoms with Crippen molar-refractivity contribution in [3.05, 3.63) is 78.4 Å². The summed E-state index contributed by atoms with van der Waals surface area (Å²) in [4.78, 5) is 5.06. The molecule has 0 aliphatic carbocycles. The van der Waals surface area contributed by atoms with Crippen molar-refractivity contribution >= 4 is 57.0 Å². The summed E-state index contributed by atoms with van der Waals surface area (Å²) in [5.74, 6) is 0.679. The number of nitrogens with two attached hydrogens (primary N) is 1. The van der Waals surface area contributed by atoms with E-state index in [1.165, 1.54) is 5.56 Å². The standard InChI is InChI=1S/C23H26N6OS2/c1-3-25-22(27-20-6-4-5-16(2)15-20)26-17-7-9-18(10-8-17)28-23(31)29-19-11-13-21(14-12-19)32(24)30/h4-15H,3,24H2,1-2H3,(H2,25,26,27)(H2,28,29,31). The van der Waals surface area contributed by atoms with Gasteiger partial charge in [-0.05, 0) is 92.3 Å². The fourth-order valence-corrected chi connectivity index (χ4v) is 3.51. The van der Waals surface area contributed by atoms with Crippen LogP contribution in [0.15, 0.2) is 82.7 Å². The molecule has 0 saturated carbocycles. The van der Waals surface area contributed by atoms with Crippen LogP contribution in [0.5, 0.6) is 0 Å². The predicted octanol–water partition coefficient (Wildman–Crippen LogP) is 4.69. The number of nitrogens with zero attached hydrogens (tertiary/aromatic N) is 1. The van der Waals surface area contributed by atoms with E-state index >= 15 is 0 Å². The molecular formula is C23H26N6OS2. The second-order valence-corrected chi connectivity index (χ2v) is 8.40. The van der Waals surface area contributed by atoms with Gasteiger partial charge in [-0.15, -0.1) is 0 Å². The SMILES string of the molecule is CCN=C(Nc1ccc(NC(=S)Nc2ccc(S(N)=O)cc2)cc1)Nc1cccc(C)c1. The van der Waals surface area contributed by atoms with E-state index in [-0.39, 0.29) is 0 Å². The average Bonchev–Trinajstić information content (AvgIpc) is 2.75. The lowest BCUT2D eigenvalue weighted by molar-refractivity contribution is 0.684. The molecular weight excluding hydrogens is 440 g/mol. The number of anilines is 4. The summed E-state index contributed by atoms with van der Waals surface area (Å²) in [6.07, 6.45) is 0. The van der Waals surface area contributed by atoms with Gasteiger partial charge in [-0.25, -0.2) is 9.35 Å². The molecule has 1 unspecified atom stereocenters. The van der Waals surface area contributed by atoms with E-state index in [1.54, 1.807) is 24.3 Å². The molecule has 7 nitrogen and oxygen atoms in total. The Morgan fingerprint density at radius 2 is 1.41 bits per heavy atom. The smallest absolute Gasteiger partial charge is 0.200 e. The second kappa shape index (κ2) is 11.4. The second-order valence-electron chi connectivity index (χ2n) is 6.92. The normalized spacial score (nSPS) is 12.0. The number of thiocarbonyl (C=S) groups is 1. The summed E-state index contributed by atoms with van der Waals surface area (Å²) in [7, 11) is -1.50. The Hall–Kier alpha value is -3.27. The third-order valence-electron chi connectivity index (χ3n) is 4.35. The Kier molecular flexibility index (Phi) is 8.32. The highest BCUT2D eigenvalue weighted by atomic mass is 32.2. The third kappa shape index (κ3) is 7.16. The van der Waals surface area contributed by atoms with Crippen molar-refractivity contribution in [2.75, 3.05) is 27.8 Å². The average molecular weight is 467 g/mol. The van der Waals surface area contributed by atoms with Gasteiger partial charge in [0.2, 0.25) is 0 Å². The minimum atomic E-state index is -1.50. The molecule has 0 radical (unpaired) electrons. The molecule has 0 fully saturated rings. The van der Waals surface area contributed by atoms with Crippen LogP contribution in [0, 0.1) is 6.92 Å². The van der Waals surface area contributed by atoms with Crippen molar-refractivity contribution < 1.29 is 4.21 Å². The Balaban J connectivity index is 1.57. The van der Waals surface area contributed by atoms with Gasteiger partial charge in [0.1, 0.15) is 11.0 Å². The molecule has 3 rings (SSSR count). The molecule has 0 aliphatic rings. The maximum absolute atomic E-state index is 11.3. The highest BCUT2D eigenvalue weighted by molar-refractivity contribution is 7.82. The van der Waals surface area contributed by atoms with E-state index < -0.39 is 11.0 Å². The molecule has 0 saturated heterocycles. The molecule has 166 valence electrons. The van der Waals surface area contributed by atoms with Crippen LogP contribution in [-0.2, 0) is 11.0 Å². The molecule has 0 heterocycles. The van der Waals surface area contributed by atoms with Crippen LogP contribution in [0.3, 0.4) is 0 Å². The molecule has 0 amide bonds. The van der Waals surface area contributed by atoms with E-state index in [0.29, 0.717) is 22.5 Å². The number of aryl methyl sites for hydroxylation is 1. The zero-order valence-corrected chi connectivity index (χ0v) is 19.5. The zero-order chi connectivity index (χ0) is 22.9. The monoisotopic (exact) mass is 466 g/mol. The van der Waals surface area contributed by atoms with Gasteiger partial charge in [0, 0.05) is 29.3 Å². The molecule has 3 aromatic carbocycles. The van der Waals surface area contributed by atoms with Crippen molar-refractivity contribution in [2.24, 2.45) is 10.1 Å². The summed E-state index contributed by atoms with van der Waals surface area (Å²) >= 11 is 5.37. The van der Waals surface area contributed by atoms with Gasteiger partial charge in [-0.3, -0.25) is 4.99 Å². The minimum Gasteiger partial charge on any atom is -0.332 e. The lowest BCUT2D eigenvalue weighted by Crippen LogP contribution is -2.22. The maximum Gasteiger partial charge on any atom is 0.200 e. The zero-order valence-electron chi connectivity index (χ0n) is 17.9. The van der Waals surface area contributed by atoms with Gasteiger partial charge >= 0.3 is 0 Å². The van der Waals surface area contributed by atoms with Crippen LogP contribution in [0.25, 0.3) is 0 Å². The number of benzene rings is 3. The van der Waals surface area contributed by atoms with Gasteiger partial charge in [0.05, 0.1) is 4.90 Å². The Labute approximate surface area is 196 Å². The first-order valence-corrected chi connectivity index (χ1v) is 11.6. The lowest BCUT2D eigenvalue weighted by atomic mass is 10.2. The van der Waals surface area contributed by atoms with Crippen LogP contribution in [-0.4, -0.2) is 21.8 Å². The third-order valence-corrected chi connectivity index (χ3v) is 5.29. The van der Waals surface area contributed by atoms with E-state index in [2.05, 4.69) is 45.3 Å². The maximum atomic E-state index is 11.3. The van der Waals surface area contributed by atoms with Crippen molar-refractivity contribution in [1.82, 2.24) is 0 Å². The van der Waals surface area contributed by atoms with E-state index in [4.69, 9.17) is 17.4 Å². The summed E-state index contributed by atoms with van der Waals surface area (Å²) in [5, 5.41) is 18.7. The van der Waals surface area contributed by atoms with Crippen molar-refractivity contribution in [2.45, 2.75) is 18.7 Å². The highest BCUT2D eigenvalue weighted by Gasteiger charge is 2.04. The van der Waals surface area contributed by atoms with Crippen molar-refractivity contribution in [3.63, 3.8) is 0 Å². The number of hydrogen-bond donors (Lipinski definition) is 5. The molecule has 0 aromatic heterocycles. The Bertz CT molecular complexity index is 1110. The summed E-state index contributed by atoms with van der Waals surface area (Å²) in [6.45, 7) is 4.70.